The van der Waals surface area contributed by atoms with Crippen LogP contribution in [0.3, 0.4) is 0 Å². The molecule has 0 saturated heterocycles. The molecule has 1 aliphatic rings. The van der Waals surface area contributed by atoms with E-state index in [0.717, 1.165) is 5.56 Å². The monoisotopic (exact) mass is 305 g/mol. The van der Waals surface area contributed by atoms with Crippen molar-refractivity contribution in [2.45, 2.75) is 39.8 Å². The summed E-state index contributed by atoms with van der Waals surface area (Å²) in [5, 5.41) is 0. The van der Waals surface area contributed by atoms with Gasteiger partial charge >= 0.3 is 0 Å². The van der Waals surface area contributed by atoms with E-state index in [9.17, 15) is 9.59 Å². The number of rotatable bonds is 3. The number of benzene rings is 1. The topological polar surface area (TPSA) is 98.7 Å². The lowest BCUT2D eigenvalue weighted by Crippen LogP contribution is -2.48. The number of nitrogens with two attached hydrogens (primary N) is 2. The number of ether oxygens (including phenoxy) is 1. The molecular weight excluding hydrogens is 282 g/mol. The van der Waals surface area contributed by atoms with Crippen molar-refractivity contribution < 1.29 is 14.3 Å². The van der Waals surface area contributed by atoms with Crippen molar-refractivity contribution in [1.29, 1.82) is 0 Å². The van der Waals surface area contributed by atoms with Crippen LogP contribution in [0.1, 0.15) is 39.3 Å². The van der Waals surface area contributed by atoms with Gasteiger partial charge in [0, 0.05) is 6.04 Å². The Hall–Kier alpha value is -2.08. The Morgan fingerprint density at radius 3 is 2.59 bits per heavy atom. The number of hydrogen-bond acceptors (Lipinski definition) is 4. The molecule has 0 spiro atoms. The number of amides is 2. The summed E-state index contributed by atoms with van der Waals surface area (Å²) in [6, 6.07) is 5.27. The van der Waals surface area contributed by atoms with E-state index < -0.39 is 12.0 Å². The molecule has 0 aromatic heterocycles. The quantitative estimate of drug-likeness (QED) is 0.880. The van der Waals surface area contributed by atoms with Crippen molar-refractivity contribution in [2.75, 3.05) is 11.4 Å². The highest BCUT2D eigenvalue weighted by atomic mass is 16.5. The molecule has 0 fully saturated rings. The molecule has 1 aromatic rings. The van der Waals surface area contributed by atoms with Crippen LogP contribution >= 0.6 is 0 Å². The molecule has 2 amide bonds. The molecule has 0 radical (unpaired) electrons. The van der Waals surface area contributed by atoms with Gasteiger partial charge in [0.25, 0.3) is 5.91 Å². The third-order valence-electron chi connectivity index (χ3n) is 3.80. The van der Waals surface area contributed by atoms with E-state index in [2.05, 4.69) is 0 Å². The fourth-order valence-electron chi connectivity index (χ4n) is 2.44. The van der Waals surface area contributed by atoms with Gasteiger partial charge in [-0.1, -0.05) is 26.8 Å². The van der Waals surface area contributed by atoms with Crippen molar-refractivity contribution in [3.63, 3.8) is 0 Å². The van der Waals surface area contributed by atoms with Crippen LogP contribution in [0.5, 0.6) is 5.75 Å². The molecule has 2 atom stereocenters. The molecule has 4 N–H and O–H groups in total. The maximum atomic E-state index is 12.3. The Labute approximate surface area is 130 Å². The maximum absolute atomic E-state index is 12.3. The molecule has 1 aromatic carbocycles. The van der Waals surface area contributed by atoms with Gasteiger partial charge in [-0.25, -0.2) is 0 Å². The molecule has 0 saturated carbocycles. The number of nitrogens with zero attached hydrogens (tertiary/aromatic N) is 1. The highest BCUT2D eigenvalue weighted by Gasteiger charge is 2.33. The third-order valence-corrected chi connectivity index (χ3v) is 3.80. The van der Waals surface area contributed by atoms with Crippen LogP contribution in [0, 0.1) is 5.41 Å². The van der Waals surface area contributed by atoms with Gasteiger partial charge in [0.1, 0.15) is 12.3 Å². The van der Waals surface area contributed by atoms with Crippen molar-refractivity contribution in [1.82, 2.24) is 0 Å². The second-order valence-corrected chi connectivity index (χ2v) is 6.72. The summed E-state index contributed by atoms with van der Waals surface area (Å²) in [5.74, 6) is -0.301. The summed E-state index contributed by atoms with van der Waals surface area (Å²) in [6.45, 7) is 7.61. The van der Waals surface area contributed by atoms with Crippen molar-refractivity contribution >= 4 is 17.5 Å². The van der Waals surface area contributed by atoms with Gasteiger partial charge < -0.3 is 16.2 Å². The molecule has 6 heteroatoms. The first-order chi connectivity index (χ1) is 10.1. The largest absolute Gasteiger partial charge is 0.479 e. The zero-order valence-electron chi connectivity index (χ0n) is 13.4. The van der Waals surface area contributed by atoms with Gasteiger partial charge in [-0.2, -0.15) is 0 Å². The first-order valence-electron chi connectivity index (χ1n) is 7.27. The number of carbonyl (C=O) groups is 2. The van der Waals surface area contributed by atoms with Gasteiger partial charge in [0.2, 0.25) is 5.91 Å². The van der Waals surface area contributed by atoms with Gasteiger partial charge in [-0.15, -0.1) is 0 Å². The van der Waals surface area contributed by atoms with Crippen LogP contribution in [0.15, 0.2) is 18.2 Å². The standard InChI is InChI=1S/C16H23N3O3/c1-9-15(21)19(8-13(17)20)11-7-10(5-6-12(11)22-9)14(18)16(2,3)4/h5-7,9,14H,8,18H2,1-4H3,(H2,17,20). The molecular formula is C16H23N3O3. The van der Waals surface area contributed by atoms with Crippen molar-refractivity contribution in [2.24, 2.45) is 16.9 Å². The second-order valence-electron chi connectivity index (χ2n) is 6.72. The van der Waals surface area contributed by atoms with Crippen LogP contribution in [-0.4, -0.2) is 24.5 Å². The van der Waals surface area contributed by atoms with E-state index in [1.54, 1.807) is 19.1 Å². The predicted molar refractivity (Wildman–Crippen MR) is 84.5 cm³/mol. The normalized spacial score (nSPS) is 19.4. The Balaban J connectivity index is 2.47. The van der Waals surface area contributed by atoms with Crippen molar-refractivity contribution in [3.05, 3.63) is 23.8 Å². The molecule has 2 unspecified atom stereocenters. The summed E-state index contributed by atoms with van der Waals surface area (Å²) >= 11 is 0. The van der Waals surface area contributed by atoms with Gasteiger partial charge in [-0.3, -0.25) is 14.5 Å². The molecule has 6 nitrogen and oxygen atoms in total. The van der Waals surface area contributed by atoms with E-state index in [1.165, 1.54) is 4.90 Å². The minimum atomic E-state index is -0.644. The number of anilines is 1. The fraction of sp³-hybridized carbons (Fsp3) is 0.500. The first-order valence-corrected chi connectivity index (χ1v) is 7.27. The second kappa shape index (κ2) is 5.61. The van der Waals surface area contributed by atoms with Gasteiger partial charge in [0.15, 0.2) is 6.10 Å². The predicted octanol–water partition coefficient (Wildman–Crippen LogP) is 1.33. The third kappa shape index (κ3) is 3.06. The zero-order valence-corrected chi connectivity index (χ0v) is 13.4. The summed E-state index contributed by atoms with van der Waals surface area (Å²) in [4.78, 5) is 24.9. The summed E-state index contributed by atoms with van der Waals surface area (Å²) in [7, 11) is 0. The molecule has 0 bridgehead atoms. The summed E-state index contributed by atoms with van der Waals surface area (Å²) < 4.78 is 5.59. The Kier molecular flexibility index (Phi) is 4.15. The first kappa shape index (κ1) is 16.3. The van der Waals surface area contributed by atoms with Crippen molar-refractivity contribution in [3.8, 4) is 5.75 Å². The minimum Gasteiger partial charge on any atom is -0.479 e. The Morgan fingerprint density at radius 2 is 2.05 bits per heavy atom. The van der Waals surface area contributed by atoms with Crippen LogP contribution in [0.25, 0.3) is 0 Å². The number of primary amides is 1. The highest BCUT2D eigenvalue weighted by molar-refractivity contribution is 6.03. The Bertz CT molecular complexity index is 607. The number of fused-ring (bicyclic) bond motifs is 1. The molecule has 120 valence electrons. The summed E-state index contributed by atoms with van der Waals surface area (Å²) in [6.07, 6.45) is -0.644. The van der Waals surface area contributed by atoms with E-state index in [1.807, 2.05) is 26.8 Å². The van der Waals surface area contributed by atoms with Gasteiger partial charge in [0.05, 0.1) is 5.69 Å². The fourth-order valence-corrected chi connectivity index (χ4v) is 2.44. The van der Waals surface area contributed by atoms with Crippen LogP contribution < -0.4 is 21.1 Å². The Morgan fingerprint density at radius 1 is 1.41 bits per heavy atom. The van der Waals surface area contributed by atoms with Crippen LogP contribution in [-0.2, 0) is 9.59 Å². The van der Waals surface area contributed by atoms with Gasteiger partial charge in [-0.05, 0) is 30.0 Å². The number of carbonyl (C=O) groups excluding carboxylic acids is 2. The van der Waals surface area contributed by atoms with Crippen LogP contribution in [0.2, 0.25) is 0 Å². The molecule has 0 aliphatic carbocycles. The minimum absolute atomic E-state index is 0.129. The lowest BCUT2D eigenvalue weighted by atomic mass is 9.83. The molecule has 1 aliphatic heterocycles. The number of hydrogen-bond donors (Lipinski definition) is 2. The van der Waals surface area contributed by atoms with E-state index in [-0.39, 0.29) is 23.9 Å². The SMILES string of the molecule is CC1Oc2ccc(C(N)C(C)(C)C)cc2N(CC(N)=O)C1=O. The van der Waals surface area contributed by atoms with Crippen LogP contribution in [0.4, 0.5) is 5.69 Å². The summed E-state index contributed by atoms with van der Waals surface area (Å²) in [5.41, 5.74) is 12.8. The van der Waals surface area contributed by atoms with E-state index in [0.29, 0.717) is 11.4 Å². The lowest BCUT2D eigenvalue weighted by molar-refractivity contribution is -0.127. The molecule has 2 rings (SSSR count). The smallest absolute Gasteiger partial charge is 0.268 e. The lowest BCUT2D eigenvalue weighted by Gasteiger charge is -2.34. The molecule has 22 heavy (non-hydrogen) atoms. The van der Waals surface area contributed by atoms with E-state index in [4.69, 9.17) is 16.2 Å². The maximum Gasteiger partial charge on any atom is 0.268 e. The molecule has 1 heterocycles. The highest BCUT2D eigenvalue weighted by Crippen LogP contribution is 2.38. The average molecular weight is 305 g/mol. The van der Waals surface area contributed by atoms with E-state index >= 15 is 0 Å². The average Bonchev–Trinajstić information content (AvgIpc) is 2.41. The zero-order chi connectivity index (χ0) is 16.7.